The van der Waals surface area contributed by atoms with Crippen molar-refractivity contribution in [2.24, 2.45) is 10.9 Å². The Labute approximate surface area is 136 Å². The van der Waals surface area contributed by atoms with Gasteiger partial charge in [0, 0.05) is 31.2 Å². The van der Waals surface area contributed by atoms with Crippen LogP contribution in [-0.2, 0) is 13.0 Å². The van der Waals surface area contributed by atoms with Gasteiger partial charge in [-0.15, -0.1) is 11.3 Å². The minimum atomic E-state index is 0.575. The average molecular weight is 319 g/mol. The molecule has 1 unspecified atom stereocenters. The summed E-state index contributed by atoms with van der Waals surface area (Å²) in [6.45, 7) is 6.86. The van der Waals surface area contributed by atoms with Crippen molar-refractivity contribution in [3.05, 3.63) is 40.3 Å². The van der Waals surface area contributed by atoms with Crippen molar-refractivity contribution in [1.29, 1.82) is 0 Å². The lowest BCUT2D eigenvalue weighted by Crippen LogP contribution is -2.41. The smallest absolute Gasteiger partial charge is 0.191 e. The zero-order chi connectivity index (χ0) is 15.8. The SMILES string of the molecule is CN=C(NCCn1cc(C)cn1)NCC(C)Cc1cccs1. The summed E-state index contributed by atoms with van der Waals surface area (Å²) in [4.78, 5) is 5.70. The fourth-order valence-corrected chi connectivity index (χ4v) is 3.08. The summed E-state index contributed by atoms with van der Waals surface area (Å²) in [6, 6.07) is 4.30. The monoisotopic (exact) mass is 319 g/mol. The van der Waals surface area contributed by atoms with Gasteiger partial charge in [0.15, 0.2) is 5.96 Å². The van der Waals surface area contributed by atoms with Gasteiger partial charge in [-0.25, -0.2) is 0 Å². The largest absolute Gasteiger partial charge is 0.356 e. The average Bonchev–Trinajstić information content (AvgIpc) is 3.14. The van der Waals surface area contributed by atoms with Crippen molar-refractivity contribution in [2.75, 3.05) is 20.1 Å². The van der Waals surface area contributed by atoms with E-state index in [1.165, 1.54) is 10.4 Å². The van der Waals surface area contributed by atoms with E-state index in [-0.39, 0.29) is 0 Å². The molecule has 2 aromatic rings. The van der Waals surface area contributed by atoms with Gasteiger partial charge in [0.1, 0.15) is 0 Å². The Morgan fingerprint density at radius 2 is 2.32 bits per heavy atom. The van der Waals surface area contributed by atoms with Gasteiger partial charge < -0.3 is 10.6 Å². The third-order valence-electron chi connectivity index (χ3n) is 3.37. The van der Waals surface area contributed by atoms with Crippen LogP contribution in [0.4, 0.5) is 0 Å². The molecule has 0 spiro atoms. The van der Waals surface area contributed by atoms with Crippen LogP contribution in [0.5, 0.6) is 0 Å². The Morgan fingerprint density at radius 3 is 2.95 bits per heavy atom. The van der Waals surface area contributed by atoms with Crippen molar-refractivity contribution >= 4 is 17.3 Å². The Bertz CT molecular complexity index is 573. The molecule has 0 aliphatic rings. The molecule has 2 rings (SSSR count). The summed E-state index contributed by atoms with van der Waals surface area (Å²) >= 11 is 1.82. The van der Waals surface area contributed by atoms with Crippen molar-refractivity contribution in [3.63, 3.8) is 0 Å². The van der Waals surface area contributed by atoms with E-state index in [0.29, 0.717) is 5.92 Å². The summed E-state index contributed by atoms with van der Waals surface area (Å²) in [6.07, 6.45) is 5.02. The van der Waals surface area contributed by atoms with E-state index in [1.807, 2.05) is 35.3 Å². The maximum absolute atomic E-state index is 4.27. The first-order chi connectivity index (χ1) is 10.7. The fourth-order valence-electron chi connectivity index (χ4n) is 2.21. The van der Waals surface area contributed by atoms with Gasteiger partial charge in [-0.1, -0.05) is 13.0 Å². The second kappa shape index (κ2) is 8.58. The number of guanidine groups is 1. The van der Waals surface area contributed by atoms with E-state index in [0.717, 1.165) is 32.0 Å². The van der Waals surface area contributed by atoms with Gasteiger partial charge in [0.25, 0.3) is 0 Å². The standard InChI is InChI=1S/C16H25N5S/c1-13(9-15-5-4-8-22-15)10-19-16(17-3)18-6-7-21-12-14(2)11-20-21/h4-5,8,11-13H,6-7,9-10H2,1-3H3,(H2,17,18,19). The van der Waals surface area contributed by atoms with Gasteiger partial charge in [0.05, 0.1) is 12.7 Å². The van der Waals surface area contributed by atoms with Crippen molar-refractivity contribution < 1.29 is 0 Å². The summed E-state index contributed by atoms with van der Waals surface area (Å²) in [7, 11) is 1.80. The molecule has 0 aliphatic heterocycles. The number of nitrogens with zero attached hydrogens (tertiary/aromatic N) is 3. The summed E-state index contributed by atoms with van der Waals surface area (Å²) in [5, 5.41) is 13.1. The van der Waals surface area contributed by atoms with E-state index >= 15 is 0 Å². The zero-order valence-electron chi connectivity index (χ0n) is 13.5. The molecule has 0 fully saturated rings. The van der Waals surface area contributed by atoms with E-state index in [9.17, 15) is 0 Å². The van der Waals surface area contributed by atoms with Gasteiger partial charge in [-0.2, -0.15) is 5.10 Å². The van der Waals surface area contributed by atoms with Gasteiger partial charge >= 0.3 is 0 Å². The summed E-state index contributed by atoms with van der Waals surface area (Å²) < 4.78 is 1.94. The highest BCUT2D eigenvalue weighted by Gasteiger charge is 2.06. The highest BCUT2D eigenvalue weighted by Crippen LogP contribution is 2.13. The first-order valence-corrected chi connectivity index (χ1v) is 8.51. The molecule has 0 amide bonds. The highest BCUT2D eigenvalue weighted by molar-refractivity contribution is 7.09. The topological polar surface area (TPSA) is 54.2 Å². The maximum Gasteiger partial charge on any atom is 0.191 e. The minimum absolute atomic E-state index is 0.575. The molecule has 0 saturated heterocycles. The molecule has 0 aromatic carbocycles. The Morgan fingerprint density at radius 1 is 1.45 bits per heavy atom. The molecule has 1 atom stereocenters. The minimum Gasteiger partial charge on any atom is -0.356 e. The molecule has 22 heavy (non-hydrogen) atoms. The van der Waals surface area contributed by atoms with Crippen LogP contribution in [0.15, 0.2) is 34.9 Å². The van der Waals surface area contributed by atoms with Crippen LogP contribution in [0, 0.1) is 12.8 Å². The Balaban J connectivity index is 1.66. The first kappa shape index (κ1) is 16.5. The zero-order valence-corrected chi connectivity index (χ0v) is 14.4. The first-order valence-electron chi connectivity index (χ1n) is 7.63. The van der Waals surface area contributed by atoms with Crippen LogP contribution < -0.4 is 10.6 Å². The lowest BCUT2D eigenvalue weighted by molar-refractivity contribution is 0.554. The van der Waals surface area contributed by atoms with Crippen LogP contribution in [0.1, 0.15) is 17.4 Å². The molecule has 6 heteroatoms. The van der Waals surface area contributed by atoms with Crippen LogP contribution >= 0.6 is 11.3 Å². The predicted molar refractivity (Wildman–Crippen MR) is 93.5 cm³/mol. The second-order valence-electron chi connectivity index (χ2n) is 5.55. The molecule has 0 saturated carbocycles. The Hall–Kier alpha value is -1.82. The van der Waals surface area contributed by atoms with Crippen molar-refractivity contribution in [2.45, 2.75) is 26.8 Å². The number of aryl methyl sites for hydroxylation is 1. The molecular formula is C16H25N5S. The number of aliphatic imine (C=N–C) groups is 1. The van der Waals surface area contributed by atoms with Crippen LogP contribution in [0.3, 0.4) is 0 Å². The van der Waals surface area contributed by atoms with E-state index < -0.39 is 0 Å². The van der Waals surface area contributed by atoms with E-state index in [1.54, 1.807) is 7.05 Å². The van der Waals surface area contributed by atoms with Crippen LogP contribution in [0.2, 0.25) is 0 Å². The van der Waals surface area contributed by atoms with Crippen LogP contribution in [-0.4, -0.2) is 35.9 Å². The molecule has 120 valence electrons. The molecule has 2 heterocycles. The Kier molecular flexibility index (Phi) is 6.45. The maximum atomic E-state index is 4.27. The number of thiophene rings is 1. The van der Waals surface area contributed by atoms with E-state index in [2.05, 4.69) is 45.2 Å². The lowest BCUT2D eigenvalue weighted by Gasteiger charge is -2.15. The molecule has 5 nitrogen and oxygen atoms in total. The molecule has 2 aromatic heterocycles. The quantitative estimate of drug-likeness (QED) is 0.608. The van der Waals surface area contributed by atoms with Crippen molar-refractivity contribution in [1.82, 2.24) is 20.4 Å². The van der Waals surface area contributed by atoms with Gasteiger partial charge in [-0.05, 0) is 36.3 Å². The number of nitrogens with one attached hydrogen (secondary N) is 2. The number of hydrogen-bond acceptors (Lipinski definition) is 3. The van der Waals surface area contributed by atoms with Gasteiger partial charge in [-0.3, -0.25) is 9.67 Å². The molecule has 2 N–H and O–H groups in total. The normalized spacial score (nSPS) is 13.1. The summed E-state index contributed by atoms with van der Waals surface area (Å²) in [5.74, 6) is 1.42. The number of rotatable bonds is 7. The molecule has 0 radical (unpaired) electrons. The third-order valence-corrected chi connectivity index (χ3v) is 4.27. The number of aromatic nitrogens is 2. The molecular weight excluding hydrogens is 294 g/mol. The van der Waals surface area contributed by atoms with E-state index in [4.69, 9.17) is 0 Å². The highest BCUT2D eigenvalue weighted by atomic mass is 32.1. The third kappa shape index (κ3) is 5.52. The van der Waals surface area contributed by atoms with Crippen LogP contribution in [0.25, 0.3) is 0 Å². The molecule has 0 aliphatic carbocycles. The predicted octanol–water partition coefficient (Wildman–Crippen LogP) is 2.30. The second-order valence-corrected chi connectivity index (χ2v) is 6.58. The van der Waals surface area contributed by atoms with Crippen molar-refractivity contribution in [3.8, 4) is 0 Å². The summed E-state index contributed by atoms with van der Waals surface area (Å²) in [5.41, 5.74) is 1.19. The fraction of sp³-hybridized carbons (Fsp3) is 0.500. The lowest BCUT2D eigenvalue weighted by atomic mass is 10.1. The number of hydrogen-bond donors (Lipinski definition) is 2. The van der Waals surface area contributed by atoms with Gasteiger partial charge in [0.2, 0.25) is 0 Å². The molecule has 0 bridgehead atoms.